The lowest BCUT2D eigenvalue weighted by Crippen LogP contribution is -2.69. The highest BCUT2D eigenvalue weighted by atomic mass is 28.4. The first kappa shape index (κ1) is 19.3. The van der Waals surface area contributed by atoms with Crippen LogP contribution in [0.2, 0.25) is 5.04 Å². The summed E-state index contributed by atoms with van der Waals surface area (Å²) in [6.45, 7) is 6.93. The van der Waals surface area contributed by atoms with Gasteiger partial charge in [-0.2, -0.15) is 0 Å². The number of fused-ring (bicyclic) bond motifs is 1. The average Bonchev–Trinajstić information content (AvgIpc) is 2.72. The molecule has 0 radical (unpaired) electrons. The van der Waals surface area contributed by atoms with Gasteiger partial charge in [-0.15, -0.1) is 0 Å². The van der Waals surface area contributed by atoms with E-state index in [9.17, 15) is 4.79 Å². The lowest BCUT2D eigenvalue weighted by molar-refractivity contribution is 0.150. The Bertz CT molecular complexity index is 974. The van der Waals surface area contributed by atoms with Crippen molar-refractivity contribution in [3.63, 3.8) is 0 Å². The van der Waals surface area contributed by atoms with Crippen LogP contribution in [0.3, 0.4) is 0 Å². The predicted octanol–water partition coefficient (Wildman–Crippen LogP) is 4.69. The van der Waals surface area contributed by atoms with Crippen LogP contribution >= 0.6 is 0 Å². The summed E-state index contributed by atoms with van der Waals surface area (Å²) in [6, 6.07) is 26.8. The maximum atomic E-state index is 11.7. The van der Waals surface area contributed by atoms with Gasteiger partial charge in [0.2, 0.25) is 0 Å². The first-order chi connectivity index (χ1) is 13.9. The summed E-state index contributed by atoms with van der Waals surface area (Å²) in [4.78, 5) is 11.7. The van der Waals surface area contributed by atoms with Crippen LogP contribution in [0, 0.1) is 0 Å². The third-order valence-corrected chi connectivity index (χ3v) is 10.3. The first-order valence-electron chi connectivity index (χ1n) is 9.77. The molecule has 1 heterocycles. The molecule has 3 aromatic rings. The number of carbonyl (C=O) groups is 1. The van der Waals surface area contributed by atoms with Gasteiger partial charge in [0.05, 0.1) is 11.3 Å². The topological polar surface area (TPSA) is 47.6 Å². The second-order valence-corrected chi connectivity index (χ2v) is 12.5. The van der Waals surface area contributed by atoms with Crippen LogP contribution in [0.15, 0.2) is 78.9 Å². The minimum atomic E-state index is -2.73. The zero-order chi connectivity index (χ0) is 20.5. The molecule has 4 rings (SSSR count). The van der Waals surface area contributed by atoms with Crippen molar-refractivity contribution >= 4 is 30.5 Å². The number of benzene rings is 3. The number of cyclic esters (lactones) is 1. The van der Waals surface area contributed by atoms with E-state index in [2.05, 4.69) is 74.6 Å². The fourth-order valence-corrected chi connectivity index (χ4v) is 8.48. The van der Waals surface area contributed by atoms with Crippen LogP contribution in [0.5, 0.6) is 5.75 Å². The summed E-state index contributed by atoms with van der Waals surface area (Å²) < 4.78 is 12.3. The average molecular weight is 404 g/mol. The molecule has 0 bridgehead atoms. The molecule has 0 fully saturated rings. The minimum Gasteiger partial charge on any atom is -0.534 e. The predicted molar refractivity (Wildman–Crippen MR) is 118 cm³/mol. The minimum absolute atomic E-state index is 0.142. The molecular formula is C24H25NO3Si. The zero-order valence-electron chi connectivity index (χ0n) is 16.9. The molecule has 0 aliphatic carbocycles. The van der Waals surface area contributed by atoms with Crippen LogP contribution in [0.25, 0.3) is 0 Å². The van der Waals surface area contributed by atoms with Crippen molar-refractivity contribution in [2.24, 2.45) is 0 Å². The number of amides is 1. The lowest BCUT2D eigenvalue weighted by Gasteiger charge is -2.43. The van der Waals surface area contributed by atoms with E-state index in [-0.39, 0.29) is 11.6 Å². The van der Waals surface area contributed by atoms with Gasteiger partial charge in [0, 0.05) is 0 Å². The molecule has 5 heteroatoms. The summed E-state index contributed by atoms with van der Waals surface area (Å²) in [5.41, 5.74) is 1.62. The Balaban J connectivity index is 1.93. The van der Waals surface area contributed by atoms with Gasteiger partial charge in [0.25, 0.3) is 0 Å². The Kier molecular flexibility index (Phi) is 4.92. The molecule has 1 aliphatic heterocycles. The van der Waals surface area contributed by atoms with Crippen molar-refractivity contribution in [1.82, 2.24) is 0 Å². The summed E-state index contributed by atoms with van der Waals surface area (Å²) in [6.07, 6.45) is -0.430. The third kappa shape index (κ3) is 3.42. The zero-order valence-corrected chi connectivity index (χ0v) is 17.9. The highest BCUT2D eigenvalue weighted by Gasteiger charge is 2.52. The van der Waals surface area contributed by atoms with E-state index in [0.29, 0.717) is 0 Å². The highest BCUT2D eigenvalue weighted by molar-refractivity contribution is 7.00. The number of rotatable bonds is 4. The number of ether oxygens (including phenoxy) is 1. The number of hydrogen-bond acceptors (Lipinski definition) is 3. The molecule has 3 aromatic carbocycles. The van der Waals surface area contributed by atoms with E-state index in [4.69, 9.17) is 9.16 Å². The summed E-state index contributed by atoms with van der Waals surface area (Å²) >= 11 is 0. The van der Waals surface area contributed by atoms with Crippen molar-refractivity contribution in [1.29, 1.82) is 0 Å². The lowest BCUT2D eigenvalue weighted by atomic mass is 10.1. The standard InChI is InChI=1S/C24H25NO3Si/c1-24(2,3)29(18-11-6-4-7-12-18,19-13-8-5-9-14-19)28-22-16-10-15-21-20(22)17-27-23(26)25-21/h4-16H,17H2,1-3H3,(H,25,26). The van der Waals surface area contributed by atoms with Gasteiger partial charge in [-0.3, -0.25) is 5.32 Å². The quantitative estimate of drug-likeness (QED) is 0.643. The monoisotopic (exact) mass is 403 g/mol. The van der Waals surface area contributed by atoms with Crippen LogP contribution in [0.4, 0.5) is 10.5 Å². The van der Waals surface area contributed by atoms with Gasteiger partial charge in [0.15, 0.2) is 0 Å². The van der Waals surface area contributed by atoms with Gasteiger partial charge < -0.3 is 9.16 Å². The summed E-state index contributed by atoms with van der Waals surface area (Å²) in [7, 11) is -2.73. The van der Waals surface area contributed by atoms with Crippen molar-refractivity contribution in [3.05, 3.63) is 84.4 Å². The molecule has 1 amide bonds. The maximum absolute atomic E-state index is 11.7. The van der Waals surface area contributed by atoms with Crippen molar-refractivity contribution in [2.45, 2.75) is 32.4 Å². The smallest absolute Gasteiger partial charge is 0.411 e. The largest absolute Gasteiger partial charge is 0.534 e. The first-order valence-corrected chi connectivity index (χ1v) is 11.7. The Morgan fingerprint density at radius 2 is 1.45 bits per heavy atom. The molecule has 0 saturated carbocycles. The molecule has 1 N–H and O–H groups in total. The van der Waals surface area contributed by atoms with Gasteiger partial charge >= 0.3 is 14.4 Å². The van der Waals surface area contributed by atoms with Crippen LogP contribution < -0.4 is 20.1 Å². The van der Waals surface area contributed by atoms with E-state index < -0.39 is 14.4 Å². The SMILES string of the molecule is CC(C)(C)[Si](Oc1cccc2c1COC(=O)N2)(c1ccccc1)c1ccccc1. The molecule has 1 aliphatic rings. The Labute approximate surface area is 172 Å². The van der Waals surface area contributed by atoms with Gasteiger partial charge in [-0.1, -0.05) is 87.5 Å². The molecule has 0 aromatic heterocycles. The molecule has 0 saturated heterocycles. The number of carbonyl (C=O) groups excluding carboxylic acids is 1. The number of hydrogen-bond donors (Lipinski definition) is 1. The second kappa shape index (κ2) is 7.41. The maximum Gasteiger partial charge on any atom is 0.411 e. The fourth-order valence-electron chi connectivity index (χ4n) is 4.03. The number of anilines is 1. The van der Waals surface area contributed by atoms with E-state index in [1.165, 1.54) is 10.4 Å². The highest BCUT2D eigenvalue weighted by Crippen LogP contribution is 2.40. The Morgan fingerprint density at radius 3 is 2.00 bits per heavy atom. The van der Waals surface area contributed by atoms with Gasteiger partial charge in [-0.25, -0.2) is 4.79 Å². The molecule has 4 nitrogen and oxygen atoms in total. The van der Waals surface area contributed by atoms with Crippen molar-refractivity contribution in [3.8, 4) is 5.75 Å². The second-order valence-electron chi connectivity index (χ2n) is 8.25. The molecule has 29 heavy (non-hydrogen) atoms. The van der Waals surface area contributed by atoms with Crippen LogP contribution in [-0.2, 0) is 11.3 Å². The fraction of sp³-hybridized carbons (Fsp3) is 0.208. The molecule has 148 valence electrons. The van der Waals surface area contributed by atoms with E-state index in [1.807, 2.05) is 30.3 Å². The van der Waals surface area contributed by atoms with Crippen LogP contribution in [0.1, 0.15) is 26.3 Å². The third-order valence-electron chi connectivity index (χ3n) is 5.40. The van der Waals surface area contributed by atoms with E-state index >= 15 is 0 Å². The Hall–Kier alpha value is -3.05. The number of nitrogens with one attached hydrogen (secondary N) is 1. The summed E-state index contributed by atoms with van der Waals surface area (Å²) in [5, 5.41) is 5.05. The molecule has 0 unspecified atom stereocenters. The molecular weight excluding hydrogens is 378 g/mol. The van der Waals surface area contributed by atoms with Gasteiger partial charge in [-0.05, 0) is 27.5 Å². The van der Waals surface area contributed by atoms with Crippen LogP contribution in [-0.4, -0.2) is 14.4 Å². The van der Waals surface area contributed by atoms with E-state index in [1.54, 1.807) is 0 Å². The summed E-state index contributed by atoms with van der Waals surface area (Å²) in [5.74, 6) is 0.761. The van der Waals surface area contributed by atoms with E-state index in [0.717, 1.165) is 17.0 Å². The molecule has 0 spiro atoms. The van der Waals surface area contributed by atoms with Gasteiger partial charge in [0.1, 0.15) is 12.4 Å². The Morgan fingerprint density at radius 1 is 0.862 bits per heavy atom. The normalized spacial score (nSPS) is 13.8. The molecule has 0 atom stereocenters. The van der Waals surface area contributed by atoms with Crippen molar-refractivity contribution < 1.29 is 14.0 Å². The van der Waals surface area contributed by atoms with Crippen molar-refractivity contribution in [2.75, 3.05) is 5.32 Å².